The first-order valence-corrected chi connectivity index (χ1v) is 12.4. The fraction of sp³-hybridized carbons (Fsp3) is 0.154. The number of hydrogen-bond donors (Lipinski definition) is 0. The highest BCUT2D eigenvalue weighted by Gasteiger charge is 2.34. The van der Waals surface area contributed by atoms with E-state index in [1.807, 2.05) is 0 Å². The zero-order valence-corrected chi connectivity index (χ0v) is 21.2. The van der Waals surface area contributed by atoms with Gasteiger partial charge >= 0.3 is 5.97 Å². The van der Waals surface area contributed by atoms with Crippen molar-refractivity contribution in [2.45, 2.75) is 25.7 Å². The van der Waals surface area contributed by atoms with Gasteiger partial charge in [0.1, 0.15) is 16.9 Å². The fourth-order valence-electron chi connectivity index (χ4n) is 4.01. The van der Waals surface area contributed by atoms with Crippen molar-refractivity contribution < 1.29 is 32.1 Å². The molecule has 1 heterocycles. The molecule has 0 saturated heterocycles. The Hall–Kier alpha value is -4.51. The quantitative estimate of drug-likeness (QED) is 0.194. The normalized spacial score (nSPS) is 11.4. The van der Waals surface area contributed by atoms with Crippen molar-refractivity contribution in [2.24, 2.45) is 0 Å². The Morgan fingerprint density at radius 3 is 2.41 bits per heavy atom. The number of anilines is 1. The molecule has 0 N–H and O–H groups in total. The molecular formula is C26H22N2O8S. The lowest BCUT2D eigenvalue weighted by Gasteiger charge is -2.24. The number of furan rings is 1. The molecule has 1 aromatic heterocycles. The molecular weight excluding hydrogens is 500 g/mol. The van der Waals surface area contributed by atoms with Crippen molar-refractivity contribution in [1.29, 1.82) is 0 Å². The molecule has 0 spiro atoms. The third-order valence-corrected chi connectivity index (χ3v) is 7.67. The summed E-state index contributed by atoms with van der Waals surface area (Å²) in [6, 6.07) is 13.8. The summed E-state index contributed by atoms with van der Waals surface area (Å²) in [6.07, 6.45) is 0. The molecule has 0 saturated carbocycles. The monoisotopic (exact) mass is 522 g/mol. The van der Waals surface area contributed by atoms with Crippen molar-refractivity contribution in [1.82, 2.24) is 0 Å². The van der Waals surface area contributed by atoms with Crippen LogP contribution >= 0.6 is 0 Å². The van der Waals surface area contributed by atoms with E-state index in [1.54, 1.807) is 32.9 Å². The summed E-state index contributed by atoms with van der Waals surface area (Å²) < 4.78 is 39.1. The van der Waals surface area contributed by atoms with Gasteiger partial charge in [-0.1, -0.05) is 18.2 Å². The summed E-state index contributed by atoms with van der Waals surface area (Å²) in [5.41, 5.74) is 0.762. The molecule has 0 radical (unpaired) electrons. The molecule has 4 aromatic rings. The van der Waals surface area contributed by atoms with Crippen LogP contribution in [0, 0.1) is 30.9 Å². The highest BCUT2D eigenvalue weighted by Crippen LogP contribution is 2.34. The van der Waals surface area contributed by atoms with E-state index >= 15 is 0 Å². The second-order valence-corrected chi connectivity index (χ2v) is 10.1. The first-order chi connectivity index (χ1) is 17.4. The van der Waals surface area contributed by atoms with Crippen LogP contribution in [0.25, 0.3) is 11.0 Å². The lowest BCUT2D eigenvalue weighted by molar-refractivity contribution is -0.384. The van der Waals surface area contributed by atoms with Gasteiger partial charge in [-0.15, -0.1) is 0 Å². The standard InChI is InChI=1S/C26H22N2O8S/c1-15-8-9-16(2)23(12-15)37(33,34)27(25(29)18-6-5-7-20(13-18)28(31)32)19-10-11-22-21(14-19)24(17(3)36-22)26(30)35-4/h5-14H,1-4H3. The second-order valence-electron chi connectivity index (χ2n) is 8.36. The molecule has 1 amide bonds. The van der Waals surface area contributed by atoms with Gasteiger partial charge in [-0.05, 0) is 62.2 Å². The number of ether oxygens (including phenoxy) is 1. The molecule has 0 bridgehead atoms. The van der Waals surface area contributed by atoms with Gasteiger partial charge in [0.2, 0.25) is 0 Å². The Morgan fingerprint density at radius 2 is 1.73 bits per heavy atom. The minimum atomic E-state index is -4.52. The second kappa shape index (κ2) is 9.51. The Kier molecular flexibility index (Phi) is 6.57. The third-order valence-electron chi connectivity index (χ3n) is 5.82. The SMILES string of the molecule is COC(=O)c1c(C)oc2ccc(N(C(=O)c3cccc([N+](=O)[O-])c3)S(=O)(=O)c3cc(C)ccc3C)cc12. The molecule has 0 unspecified atom stereocenters. The van der Waals surface area contributed by atoms with E-state index in [4.69, 9.17) is 9.15 Å². The smallest absolute Gasteiger partial charge is 0.342 e. The number of methoxy groups -OCH3 is 1. The molecule has 11 heteroatoms. The average molecular weight is 523 g/mol. The number of benzene rings is 3. The highest BCUT2D eigenvalue weighted by molar-refractivity contribution is 7.93. The predicted molar refractivity (Wildman–Crippen MR) is 135 cm³/mol. The van der Waals surface area contributed by atoms with Crippen LogP contribution < -0.4 is 4.31 Å². The van der Waals surface area contributed by atoms with E-state index in [0.29, 0.717) is 15.4 Å². The van der Waals surface area contributed by atoms with Gasteiger partial charge in [-0.2, -0.15) is 4.31 Å². The lowest BCUT2D eigenvalue weighted by atomic mass is 10.1. The van der Waals surface area contributed by atoms with E-state index < -0.39 is 26.8 Å². The van der Waals surface area contributed by atoms with Crippen LogP contribution in [0.15, 0.2) is 70.0 Å². The molecule has 0 aliphatic carbocycles. The van der Waals surface area contributed by atoms with Gasteiger partial charge < -0.3 is 9.15 Å². The summed E-state index contributed by atoms with van der Waals surface area (Å²) in [4.78, 5) is 36.7. The Labute approximate surface area is 212 Å². The number of esters is 1. The van der Waals surface area contributed by atoms with Crippen LogP contribution in [-0.2, 0) is 14.8 Å². The Balaban J connectivity index is 2.00. The zero-order valence-electron chi connectivity index (χ0n) is 20.3. The Bertz CT molecular complexity index is 1690. The van der Waals surface area contributed by atoms with Crippen molar-refractivity contribution in [3.63, 3.8) is 0 Å². The third kappa shape index (κ3) is 4.56. The predicted octanol–water partition coefficient (Wildman–Crippen LogP) is 5.09. The maximum atomic E-state index is 14.0. The maximum absolute atomic E-state index is 14.0. The number of amides is 1. The average Bonchev–Trinajstić information content (AvgIpc) is 3.19. The van der Waals surface area contributed by atoms with Crippen LogP contribution in [0.4, 0.5) is 11.4 Å². The number of hydrogen-bond acceptors (Lipinski definition) is 8. The minimum absolute atomic E-state index is 0.0872. The van der Waals surface area contributed by atoms with Crippen LogP contribution in [0.1, 0.15) is 37.6 Å². The molecule has 0 aliphatic rings. The van der Waals surface area contributed by atoms with Gasteiger partial charge in [-0.3, -0.25) is 14.9 Å². The number of nitro groups is 1. The number of non-ortho nitro benzene ring substituents is 1. The maximum Gasteiger partial charge on any atom is 0.342 e. The van der Waals surface area contributed by atoms with Gasteiger partial charge in [0, 0.05) is 23.1 Å². The number of nitrogens with zero attached hydrogens (tertiary/aromatic N) is 2. The first-order valence-electron chi connectivity index (χ1n) is 11.0. The number of carbonyl (C=O) groups excluding carboxylic acids is 2. The van der Waals surface area contributed by atoms with E-state index in [-0.39, 0.29) is 44.1 Å². The first kappa shape index (κ1) is 25.6. The summed E-state index contributed by atoms with van der Waals surface area (Å²) in [5.74, 6) is -1.45. The van der Waals surface area contributed by atoms with E-state index in [0.717, 1.165) is 6.07 Å². The largest absolute Gasteiger partial charge is 0.465 e. The van der Waals surface area contributed by atoms with Crippen molar-refractivity contribution in [3.8, 4) is 0 Å². The fourth-order valence-corrected chi connectivity index (χ4v) is 5.73. The van der Waals surface area contributed by atoms with E-state index in [1.165, 1.54) is 49.6 Å². The zero-order chi connectivity index (χ0) is 27.1. The number of sulfonamides is 1. The molecule has 0 aliphatic heterocycles. The minimum Gasteiger partial charge on any atom is -0.465 e. The van der Waals surface area contributed by atoms with Crippen molar-refractivity contribution in [3.05, 3.63) is 98.8 Å². The van der Waals surface area contributed by atoms with Crippen LogP contribution in [-0.4, -0.2) is 32.3 Å². The molecule has 0 fully saturated rings. The number of rotatable bonds is 6. The molecule has 37 heavy (non-hydrogen) atoms. The molecule has 4 rings (SSSR count). The summed E-state index contributed by atoms with van der Waals surface area (Å²) in [7, 11) is -3.32. The van der Waals surface area contributed by atoms with Crippen LogP contribution in [0.5, 0.6) is 0 Å². The number of fused-ring (bicyclic) bond motifs is 1. The summed E-state index contributed by atoms with van der Waals surface area (Å²) in [6.45, 7) is 4.87. The highest BCUT2D eigenvalue weighted by atomic mass is 32.2. The Morgan fingerprint density at radius 1 is 1.00 bits per heavy atom. The van der Waals surface area contributed by atoms with E-state index in [9.17, 15) is 28.1 Å². The van der Waals surface area contributed by atoms with Gasteiger partial charge in [-0.25, -0.2) is 13.2 Å². The number of nitro benzene ring substituents is 1. The number of aryl methyl sites for hydroxylation is 3. The van der Waals surface area contributed by atoms with Crippen LogP contribution in [0.2, 0.25) is 0 Å². The molecule has 0 atom stereocenters. The van der Waals surface area contributed by atoms with E-state index in [2.05, 4.69) is 0 Å². The van der Waals surface area contributed by atoms with Crippen molar-refractivity contribution in [2.75, 3.05) is 11.4 Å². The number of carbonyl (C=O) groups is 2. The van der Waals surface area contributed by atoms with Crippen molar-refractivity contribution >= 4 is 44.2 Å². The lowest BCUT2D eigenvalue weighted by Crippen LogP contribution is -2.37. The topological polar surface area (TPSA) is 137 Å². The summed E-state index contributed by atoms with van der Waals surface area (Å²) >= 11 is 0. The van der Waals surface area contributed by atoms with Gasteiger partial charge in [0.15, 0.2) is 0 Å². The van der Waals surface area contributed by atoms with Crippen LogP contribution in [0.3, 0.4) is 0 Å². The molecule has 3 aromatic carbocycles. The van der Waals surface area contributed by atoms with Gasteiger partial charge in [0.05, 0.1) is 22.6 Å². The molecule has 10 nitrogen and oxygen atoms in total. The van der Waals surface area contributed by atoms with Gasteiger partial charge in [0.25, 0.3) is 21.6 Å². The molecule has 190 valence electrons. The summed E-state index contributed by atoms with van der Waals surface area (Å²) in [5, 5.41) is 11.5.